The van der Waals surface area contributed by atoms with Crippen molar-refractivity contribution in [2.24, 2.45) is 0 Å². The molecule has 188 valence electrons. The molecule has 6 rings (SSSR count). The second-order valence-corrected chi connectivity index (χ2v) is 9.25. The van der Waals surface area contributed by atoms with E-state index < -0.39 is 0 Å². The van der Waals surface area contributed by atoms with E-state index in [1.165, 1.54) is 5.56 Å². The van der Waals surface area contributed by atoms with Crippen molar-refractivity contribution in [1.82, 2.24) is 14.9 Å². The quantitative estimate of drug-likeness (QED) is 0.291. The van der Waals surface area contributed by atoms with Crippen LogP contribution < -0.4 is 9.47 Å². The predicted octanol–water partition coefficient (Wildman–Crippen LogP) is 6.10. The van der Waals surface area contributed by atoms with Crippen molar-refractivity contribution in [1.29, 1.82) is 0 Å². The van der Waals surface area contributed by atoms with Crippen LogP contribution in [-0.4, -0.2) is 41.5 Å². The molecule has 1 atom stereocenters. The molecule has 3 heterocycles. The minimum Gasteiger partial charge on any atom is -0.497 e. The first-order valence-corrected chi connectivity index (χ1v) is 12.6. The molecule has 0 bridgehead atoms. The smallest absolute Gasteiger partial charge is 0.255 e. The molecule has 2 aromatic heterocycles. The lowest BCUT2D eigenvalue weighted by atomic mass is 9.87. The fraction of sp³-hybridized carbons (Fsp3) is 0.156. The SMILES string of the molecule is COc1ccc2c(c1)C(c1ccccc1OC)N(C(=O)c1cc(-c3ccccc3)nc3ncccc13)CC2. The van der Waals surface area contributed by atoms with Crippen molar-refractivity contribution in [3.63, 3.8) is 0 Å². The molecule has 1 aliphatic heterocycles. The number of nitrogens with zero attached hydrogens (tertiary/aromatic N) is 3. The number of carbonyl (C=O) groups is 1. The Bertz CT molecular complexity index is 1630. The van der Waals surface area contributed by atoms with Gasteiger partial charge in [0.1, 0.15) is 11.5 Å². The van der Waals surface area contributed by atoms with Crippen LogP contribution in [0.5, 0.6) is 11.5 Å². The highest BCUT2D eigenvalue weighted by Gasteiger charge is 2.35. The molecular weight excluding hydrogens is 474 g/mol. The van der Waals surface area contributed by atoms with Gasteiger partial charge in [-0.05, 0) is 53.9 Å². The summed E-state index contributed by atoms with van der Waals surface area (Å²) in [4.78, 5) is 25.8. The number of hydrogen-bond acceptors (Lipinski definition) is 5. The maximum Gasteiger partial charge on any atom is 0.255 e. The van der Waals surface area contributed by atoms with E-state index in [0.717, 1.165) is 40.0 Å². The monoisotopic (exact) mass is 501 g/mol. The van der Waals surface area contributed by atoms with Gasteiger partial charge in [0.2, 0.25) is 0 Å². The van der Waals surface area contributed by atoms with E-state index in [2.05, 4.69) is 11.1 Å². The maximum absolute atomic E-state index is 14.5. The summed E-state index contributed by atoms with van der Waals surface area (Å²) in [5.74, 6) is 1.41. The van der Waals surface area contributed by atoms with Crippen LogP contribution in [-0.2, 0) is 6.42 Å². The molecule has 0 spiro atoms. The Hall–Kier alpha value is -4.71. The van der Waals surface area contributed by atoms with Crippen LogP contribution in [0.25, 0.3) is 22.3 Å². The van der Waals surface area contributed by atoms with Crippen LogP contribution in [0.1, 0.15) is 33.1 Å². The van der Waals surface area contributed by atoms with E-state index in [1.807, 2.05) is 89.8 Å². The molecule has 3 aromatic carbocycles. The van der Waals surface area contributed by atoms with E-state index in [4.69, 9.17) is 14.5 Å². The molecule has 0 radical (unpaired) electrons. The minimum atomic E-state index is -0.349. The summed E-state index contributed by atoms with van der Waals surface area (Å²) in [5, 5.41) is 0.729. The number of amides is 1. The normalized spacial score (nSPS) is 14.7. The molecule has 0 aliphatic carbocycles. The lowest BCUT2D eigenvalue weighted by molar-refractivity contribution is 0.0694. The number of methoxy groups -OCH3 is 2. The Labute approximate surface area is 221 Å². The number of hydrogen-bond donors (Lipinski definition) is 0. The molecule has 0 N–H and O–H groups in total. The fourth-order valence-corrected chi connectivity index (χ4v) is 5.31. The lowest BCUT2D eigenvalue weighted by Gasteiger charge is -2.38. The summed E-state index contributed by atoms with van der Waals surface area (Å²) in [7, 11) is 3.32. The third-order valence-electron chi connectivity index (χ3n) is 7.16. The minimum absolute atomic E-state index is 0.0769. The molecule has 5 aromatic rings. The number of pyridine rings is 2. The van der Waals surface area contributed by atoms with Crippen molar-refractivity contribution in [3.05, 3.63) is 119 Å². The van der Waals surface area contributed by atoms with Gasteiger partial charge >= 0.3 is 0 Å². The Morgan fingerprint density at radius 2 is 1.68 bits per heavy atom. The van der Waals surface area contributed by atoms with E-state index >= 15 is 0 Å². The van der Waals surface area contributed by atoms with Crippen LogP contribution in [0.2, 0.25) is 0 Å². The van der Waals surface area contributed by atoms with Crippen molar-refractivity contribution in [2.75, 3.05) is 20.8 Å². The molecule has 38 heavy (non-hydrogen) atoms. The van der Waals surface area contributed by atoms with Crippen LogP contribution in [0.4, 0.5) is 0 Å². The van der Waals surface area contributed by atoms with Gasteiger partial charge in [0.25, 0.3) is 5.91 Å². The number of fused-ring (bicyclic) bond motifs is 2. The van der Waals surface area contributed by atoms with Crippen molar-refractivity contribution >= 4 is 16.9 Å². The number of aromatic nitrogens is 2. The first-order chi connectivity index (χ1) is 18.7. The molecular formula is C32H27N3O3. The van der Waals surface area contributed by atoms with Gasteiger partial charge in [-0.15, -0.1) is 0 Å². The second-order valence-electron chi connectivity index (χ2n) is 9.25. The summed E-state index contributed by atoms with van der Waals surface area (Å²) in [6.07, 6.45) is 2.45. The van der Waals surface area contributed by atoms with Gasteiger partial charge < -0.3 is 14.4 Å². The van der Waals surface area contributed by atoms with Crippen LogP contribution in [0, 0.1) is 0 Å². The number of rotatable bonds is 5. The average molecular weight is 502 g/mol. The third kappa shape index (κ3) is 4.14. The maximum atomic E-state index is 14.5. The summed E-state index contributed by atoms with van der Waals surface area (Å²) in [6, 6.07) is 29.2. The molecule has 6 nitrogen and oxygen atoms in total. The zero-order valence-corrected chi connectivity index (χ0v) is 21.3. The molecule has 1 unspecified atom stereocenters. The Morgan fingerprint density at radius 1 is 0.868 bits per heavy atom. The predicted molar refractivity (Wildman–Crippen MR) is 148 cm³/mol. The lowest BCUT2D eigenvalue weighted by Crippen LogP contribution is -2.41. The highest BCUT2D eigenvalue weighted by atomic mass is 16.5. The summed E-state index contributed by atoms with van der Waals surface area (Å²) in [5.41, 5.74) is 5.93. The molecule has 1 amide bonds. The third-order valence-corrected chi connectivity index (χ3v) is 7.16. The first-order valence-electron chi connectivity index (χ1n) is 12.6. The standard InChI is InChI=1S/C32H27N3O3/c1-37-23-15-14-21-16-18-35(30(26(21)19-23)25-11-6-7-13-29(25)38-2)32(36)27-20-28(22-9-4-3-5-10-22)34-31-24(27)12-8-17-33-31/h3-15,17,19-20,30H,16,18H2,1-2H3. The van der Waals surface area contributed by atoms with Gasteiger partial charge in [-0.3, -0.25) is 4.79 Å². The Balaban J connectivity index is 1.54. The second kappa shape index (κ2) is 9.98. The topological polar surface area (TPSA) is 64.6 Å². The van der Waals surface area contributed by atoms with Gasteiger partial charge in [0.15, 0.2) is 5.65 Å². The zero-order valence-electron chi connectivity index (χ0n) is 21.3. The number of benzene rings is 3. The average Bonchev–Trinajstić information content (AvgIpc) is 2.99. The van der Waals surface area contributed by atoms with Crippen molar-refractivity contribution in [3.8, 4) is 22.8 Å². The molecule has 0 saturated carbocycles. The number of ether oxygens (including phenoxy) is 2. The highest BCUT2D eigenvalue weighted by Crippen LogP contribution is 2.41. The summed E-state index contributed by atoms with van der Waals surface area (Å²) >= 11 is 0. The zero-order chi connectivity index (χ0) is 26.1. The number of carbonyl (C=O) groups excluding carboxylic acids is 1. The number of para-hydroxylation sites is 1. The Morgan fingerprint density at radius 3 is 2.50 bits per heavy atom. The van der Waals surface area contributed by atoms with Gasteiger partial charge in [-0.25, -0.2) is 9.97 Å². The van der Waals surface area contributed by atoms with Crippen molar-refractivity contribution in [2.45, 2.75) is 12.5 Å². The summed E-state index contributed by atoms with van der Waals surface area (Å²) in [6.45, 7) is 0.561. The fourth-order valence-electron chi connectivity index (χ4n) is 5.31. The van der Waals surface area contributed by atoms with Crippen LogP contribution in [0.15, 0.2) is 97.2 Å². The van der Waals surface area contributed by atoms with Crippen LogP contribution in [0.3, 0.4) is 0 Å². The highest BCUT2D eigenvalue weighted by molar-refractivity contribution is 6.06. The van der Waals surface area contributed by atoms with E-state index in [-0.39, 0.29) is 11.9 Å². The molecule has 0 fully saturated rings. The Kier molecular flexibility index (Phi) is 6.22. The summed E-state index contributed by atoms with van der Waals surface area (Å²) < 4.78 is 11.3. The van der Waals surface area contributed by atoms with Crippen LogP contribution >= 0.6 is 0 Å². The van der Waals surface area contributed by atoms with E-state index in [0.29, 0.717) is 23.4 Å². The van der Waals surface area contributed by atoms with E-state index in [9.17, 15) is 4.79 Å². The molecule has 6 heteroatoms. The molecule has 0 saturated heterocycles. The van der Waals surface area contributed by atoms with Crippen molar-refractivity contribution < 1.29 is 14.3 Å². The van der Waals surface area contributed by atoms with Gasteiger partial charge in [-0.1, -0.05) is 54.6 Å². The van der Waals surface area contributed by atoms with Gasteiger partial charge in [0.05, 0.1) is 31.5 Å². The van der Waals surface area contributed by atoms with Gasteiger partial charge in [0, 0.05) is 29.3 Å². The molecule has 1 aliphatic rings. The largest absolute Gasteiger partial charge is 0.497 e. The first kappa shape index (κ1) is 23.7. The van der Waals surface area contributed by atoms with Gasteiger partial charge in [-0.2, -0.15) is 0 Å². The van der Waals surface area contributed by atoms with E-state index in [1.54, 1.807) is 20.4 Å².